The van der Waals surface area contributed by atoms with Gasteiger partial charge in [0.15, 0.2) is 5.22 Å². The summed E-state index contributed by atoms with van der Waals surface area (Å²) in [6, 6.07) is 12.1. The molecule has 0 saturated heterocycles. The maximum absolute atomic E-state index is 5.75. The number of hydrogen-bond donors (Lipinski definition) is 0. The molecule has 1 aromatic heterocycles. The quantitative estimate of drug-likeness (QED) is 0.729. The molecule has 0 amide bonds. The van der Waals surface area contributed by atoms with Gasteiger partial charge in [-0.2, -0.15) is 0 Å². The van der Waals surface area contributed by atoms with Crippen molar-refractivity contribution in [2.24, 2.45) is 0 Å². The molecule has 0 radical (unpaired) electrons. The van der Waals surface area contributed by atoms with Crippen LogP contribution in [0, 0.1) is 0 Å². The van der Waals surface area contributed by atoms with Gasteiger partial charge in [0.1, 0.15) is 5.76 Å². The standard InChI is InChI=1S/C13H12BrClO/c1-2-9-3-5-10(6-4-9)13(14)11-7-8-12(15)16-11/h3-8,13H,2H2,1H3. The fourth-order valence-electron chi connectivity index (χ4n) is 1.55. The van der Waals surface area contributed by atoms with E-state index < -0.39 is 0 Å². The summed E-state index contributed by atoms with van der Waals surface area (Å²) in [6.07, 6.45) is 1.06. The van der Waals surface area contributed by atoms with Crippen LogP contribution in [0.2, 0.25) is 5.22 Å². The molecule has 0 N–H and O–H groups in total. The lowest BCUT2D eigenvalue weighted by Gasteiger charge is -2.07. The maximum Gasteiger partial charge on any atom is 0.193 e. The van der Waals surface area contributed by atoms with E-state index in [1.54, 1.807) is 6.07 Å². The van der Waals surface area contributed by atoms with Crippen LogP contribution in [-0.4, -0.2) is 0 Å². The SMILES string of the molecule is CCc1ccc(C(Br)c2ccc(Cl)o2)cc1. The molecule has 1 aromatic carbocycles. The Morgan fingerprint density at radius 3 is 2.38 bits per heavy atom. The van der Waals surface area contributed by atoms with Crippen LogP contribution < -0.4 is 0 Å². The second-order valence-electron chi connectivity index (χ2n) is 3.60. The molecule has 1 unspecified atom stereocenters. The lowest BCUT2D eigenvalue weighted by molar-refractivity contribution is 0.521. The van der Waals surface area contributed by atoms with E-state index >= 15 is 0 Å². The van der Waals surface area contributed by atoms with Crippen LogP contribution in [-0.2, 0) is 6.42 Å². The number of furan rings is 1. The lowest BCUT2D eigenvalue weighted by Crippen LogP contribution is -1.91. The first-order valence-corrected chi connectivity index (χ1v) is 6.48. The molecule has 0 spiro atoms. The average molecular weight is 300 g/mol. The third-order valence-corrected chi connectivity index (χ3v) is 3.71. The first kappa shape index (κ1) is 11.7. The Morgan fingerprint density at radius 2 is 1.88 bits per heavy atom. The average Bonchev–Trinajstić information content (AvgIpc) is 2.75. The smallest absolute Gasteiger partial charge is 0.193 e. The predicted molar refractivity (Wildman–Crippen MR) is 70.3 cm³/mol. The first-order valence-electron chi connectivity index (χ1n) is 5.19. The summed E-state index contributed by atoms with van der Waals surface area (Å²) in [4.78, 5) is 0.0610. The molecular formula is C13H12BrClO. The van der Waals surface area contributed by atoms with Crippen molar-refractivity contribution in [1.82, 2.24) is 0 Å². The molecule has 1 nitrogen and oxygen atoms in total. The number of alkyl halides is 1. The molecule has 1 atom stereocenters. The molecule has 16 heavy (non-hydrogen) atoms. The van der Waals surface area contributed by atoms with Crippen LogP contribution in [0.3, 0.4) is 0 Å². The van der Waals surface area contributed by atoms with E-state index in [-0.39, 0.29) is 4.83 Å². The van der Waals surface area contributed by atoms with Gasteiger partial charge < -0.3 is 4.42 Å². The van der Waals surface area contributed by atoms with Crippen LogP contribution in [0.15, 0.2) is 40.8 Å². The minimum Gasteiger partial charge on any atom is -0.448 e. The van der Waals surface area contributed by atoms with E-state index in [4.69, 9.17) is 16.0 Å². The van der Waals surface area contributed by atoms with Crippen molar-refractivity contribution >= 4 is 27.5 Å². The van der Waals surface area contributed by atoms with Crippen LogP contribution in [0.5, 0.6) is 0 Å². The largest absolute Gasteiger partial charge is 0.448 e. The molecule has 3 heteroatoms. The van der Waals surface area contributed by atoms with Crippen molar-refractivity contribution < 1.29 is 4.42 Å². The third kappa shape index (κ3) is 2.50. The van der Waals surface area contributed by atoms with E-state index in [0.717, 1.165) is 12.2 Å². The number of hydrogen-bond acceptors (Lipinski definition) is 1. The highest BCUT2D eigenvalue weighted by atomic mass is 79.9. The van der Waals surface area contributed by atoms with Gasteiger partial charge in [-0.3, -0.25) is 0 Å². The van der Waals surface area contributed by atoms with Crippen LogP contribution in [0.25, 0.3) is 0 Å². The second kappa shape index (κ2) is 5.07. The topological polar surface area (TPSA) is 13.1 Å². The van der Waals surface area contributed by atoms with Crippen molar-refractivity contribution in [3.63, 3.8) is 0 Å². The molecule has 0 bridgehead atoms. The fraction of sp³-hybridized carbons (Fsp3) is 0.231. The summed E-state index contributed by atoms with van der Waals surface area (Å²) in [5.41, 5.74) is 2.50. The van der Waals surface area contributed by atoms with Crippen molar-refractivity contribution in [3.05, 3.63) is 58.5 Å². The Balaban J connectivity index is 2.23. The van der Waals surface area contributed by atoms with Gasteiger partial charge in [-0.05, 0) is 41.3 Å². The van der Waals surface area contributed by atoms with Gasteiger partial charge in [-0.1, -0.05) is 47.1 Å². The van der Waals surface area contributed by atoms with Crippen LogP contribution in [0.1, 0.15) is 28.6 Å². The number of benzene rings is 1. The van der Waals surface area contributed by atoms with Gasteiger partial charge >= 0.3 is 0 Å². The van der Waals surface area contributed by atoms with Crippen molar-refractivity contribution in [1.29, 1.82) is 0 Å². The van der Waals surface area contributed by atoms with Gasteiger partial charge in [-0.25, -0.2) is 0 Å². The molecule has 0 saturated carbocycles. The maximum atomic E-state index is 5.75. The molecule has 2 rings (SSSR count). The molecule has 0 aliphatic carbocycles. The van der Waals surface area contributed by atoms with Crippen molar-refractivity contribution in [2.45, 2.75) is 18.2 Å². The fourth-order valence-corrected chi connectivity index (χ4v) is 2.25. The van der Waals surface area contributed by atoms with E-state index in [2.05, 4.69) is 47.1 Å². The van der Waals surface area contributed by atoms with Gasteiger partial charge in [0, 0.05) is 0 Å². The summed E-state index contributed by atoms with van der Waals surface area (Å²) < 4.78 is 5.37. The van der Waals surface area contributed by atoms with Gasteiger partial charge in [0.2, 0.25) is 0 Å². The molecular weight excluding hydrogens is 287 g/mol. The van der Waals surface area contributed by atoms with Gasteiger partial charge in [0.25, 0.3) is 0 Å². The zero-order valence-corrected chi connectivity index (χ0v) is 11.3. The lowest BCUT2D eigenvalue weighted by atomic mass is 10.1. The Labute approximate surface area is 109 Å². The highest BCUT2D eigenvalue weighted by Crippen LogP contribution is 2.33. The Morgan fingerprint density at radius 1 is 1.19 bits per heavy atom. The van der Waals surface area contributed by atoms with E-state index in [0.29, 0.717) is 5.22 Å². The third-order valence-electron chi connectivity index (χ3n) is 2.52. The summed E-state index contributed by atoms with van der Waals surface area (Å²) in [7, 11) is 0. The molecule has 84 valence electrons. The van der Waals surface area contributed by atoms with E-state index in [1.807, 2.05) is 6.07 Å². The summed E-state index contributed by atoms with van der Waals surface area (Å²) in [5, 5.41) is 0.421. The highest BCUT2D eigenvalue weighted by molar-refractivity contribution is 9.09. The highest BCUT2D eigenvalue weighted by Gasteiger charge is 2.13. The normalized spacial score (nSPS) is 12.7. The minimum absolute atomic E-state index is 0.0610. The Hall–Kier alpha value is -0.730. The molecule has 0 aliphatic rings. The van der Waals surface area contributed by atoms with Gasteiger partial charge in [0.05, 0.1) is 4.83 Å². The van der Waals surface area contributed by atoms with Crippen molar-refractivity contribution in [3.8, 4) is 0 Å². The van der Waals surface area contributed by atoms with Gasteiger partial charge in [-0.15, -0.1) is 0 Å². The number of halogens is 2. The van der Waals surface area contributed by atoms with E-state index in [1.165, 1.54) is 11.1 Å². The number of aryl methyl sites for hydroxylation is 1. The summed E-state index contributed by atoms with van der Waals surface area (Å²) in [5.74, 6) is 0.828. The Kier molecular flexibility index (Phi) is 3.72. The first-order chi connectivity index (χ1) is 7.70. The second-order valence-corrected chi connectivity index (χ2v) is 4.89. The molecule has 2 aromatic rings. The van der Waals surface area contributed by atoms with Crippen LogP contribution >= 0.6 is 27.5 Å². The molecule has 0 aliphatic heterocycles. The summed E-state index contributed by atoms with van der Waals surface area (Å²) in [6.45, 7) is 2.15. The summed E-state index contributed by atoms with van der Waals surface area (Å²) >= 11 is 9.35. The van der Waals surface area contributed by atoms with E-state index in [9.17, 15) is 0 Å². The van der Waals surface area contributed by atoms with Crippen molar-refractivity contribution in [2.75, 3.05) is 0 Å². The zero-order chi connectivity index (χ0) is 11.5. The number of rotatable bonds is 3. The molecule has 0 fully saturated rings. The van der Waals surface area contributed by atoms with Crippen LogP contribution in [0.4, 0.5) is 0 Å². The predicted octanol–water partition coefficient (Wildman–Crippen LogP) is 4.98. The minimum atomic E-state index is 0.0610. The monoisotopic (exact) mass is 298 g/mol. The molecule has 1 heterocycles. The Bertz CT molecular complexity index is 461. The zero-order valence-electron chi connectivity index (χ0n) is 8.91.